The normalized spacial score (nSPS) is 0. The molecule has 0 rings (SSSR count). The first-order valence-corrected chi connectivity index (χ1v) is 0. The van der Waals surface area contributed by atoms with Crippen molar-refractivity contribution in [1.82, 2.24) is 0 Å². The van der Waals surface area contributed by atoms with E-state index in [9.17, 15) is 0 Å². The molecule has 12 heavy (non-hydrogen) atoms. The van der Waals surface area contributed by atoms with Crippen LogP contribution in [0.2, 0.25) is 0 Å². The van der Waals surface area contributed by atoms with E-state index in [4.69, 9.17) is 0 Å². The van der Waals surface area contributed by atoms with Gasteiger partial charge in [-0.3, -0.25) is 0 Å². The molecule has 0 atom stereocenters. The molecular formula is O8Ti4. The summed E-state index contributed by atoms with van der Waals surface area (Å²) >= 11 is 0. The molecule has 0 radical (unpaired) electrons. The maximum absolute atomic E-state index is 0. The summed E-state index contributed by atoms with van der Waals surface area (Å²) in [4.78, 5) is 0. The van der Waals surface area contributed by atoms with Crippen molar-refractivity contribution in [3.05, 3.63) is 0 Å². The predicted octanol–water partition coefficient (Wildman–Crippen LogP) is -0.960. The largest absolute Gasteiger partial charge is 4.00 e. The van der Waals surface area contributed by atoms with E-state index in [1.54, 1.807) is 0 Å². The fourth-order valence-corrected chi connectivity index (χ4v) is 0. The van der Waals surface area contributed by atoms with Gasteiger partial charge < -0.3 is 43.8 Å². The fourth-order valence-electron chi connectivity index (χ4n) is 0. The van der Waals surface area contributed by atoms with Crippen LogP contribution in [0.1, 0.15) is 0 Å². The van der Waals surface area contributed by atoms with Gasteiger partial charge >= 0.3 is 86.9 Å². The first kappa shape index (κ1) is 414. The fraction of sp³-hybridized carbons (Fsp3) is 0. The molecule has 0 bridgehead atoms. The predicted molar refractivity (Wildman–Crippen MR) is 5.49 cm³/mol. The molecule has 0 aromatic heterocycles. The third-order valence-electron chi connectivity index (χ3n) is 0. The Morgan fingerprint density at radius 2 is 0.167 bits per heavy atom. The van der Waals surface area contributed by atoms with Crippen LogP contribution in [0.4, 0.5) is 0 Å². The van der Waals surface area contributed by atoms with Crippen molar-refractivity contribution < 1.29 is 131 Å². The summed E-state index contributed by atoms with van der Waals surface area (Å²) < 4.78 is 0. The van der Waals surface area contributed by atoms with Crippen molar-refractivity contribution in [2.45, 2.75) is 0 Å². The molecule has 0 N–H and O–H groups in total. The number of rotatable bonds is 0. The van der Waals surface area contributed by atoms with E-state index in [1.165, 1.54) is 0 Å². The van der Waals surface area contributed by atoms with E-state index in [-0.39, 0.29) is 131 Å². The van der Waals surface area contributed by atoms with Crippen LogP contribution >= 0.6 is 0 Å². The minimum atomic E-state index is 0. The monoisotopic (exact) mass is 320 g/mol. The molecule has 12 heteroatoms. The van der Waals surface area contributed by atoms with Crippen molar-refractivity contribution in [3.63, 3.8) is 0 Å². The molecular weight excluding hydrogens is 319 g/mol. The van der Waals surface area contributed by atoms with Gasteiger partial charge in [0.2, 0.25) is 0 Å². The van der Waals surface area contributed by atoms with Crippen LogP contribution < -0.4 is 0 Å². The Kier molecular flexibility index (Phi) is 11400. The first-order valence-electron chi connectivity index (χ1n) is 0. The van der Waals surface area contributed by atoms with E-state index in [0.717, 1.165) is 0 Å². The Balaban J connectivity index is 0. The van der Waals surface area contributed by atoms with Crippen molar-refractivity contribution in [2.75, 3.05) is 0 Å². The zero-order valence-electron chi connectivity index (χ0n) is 5.27. The van der Waals surface area contributed by atoms with Crippen LogP contribution in [0.25, 0.3) is 0 Å². The summed E-state index contributed by atoms with van der Waals surface area (Å²) in [5.74, 6) is 0. The zero-order valence-corrected chi connectivity index (χ0v) is 11.5. The van der Waals surface area contributed by atoms with E-state index >= 15 is 0 Å². The Morgan fingerprint density at radius 1 is 0.167 bits per heavy atom. The van der Waals surface area contributed by atoms with Crippen LogP contribution in [-0.2, 0) is 131 Å². The van der Waals surface area contributed by atoms with Crippen LogP contribution in [-0.4, -0.2) is 0 Å². The van der Waals surface area contributed by atoms with E-state index in [2.05, 4.69) is 0 Å². The van der Waals surface area contributed by atoms with Gasteiger partial charge in [-0.05, 0) is 0 Å². The second-order valence-corrected chi connectivity index (χ2v) is 0. The molecule has 0 amide bonds. The smallest absolute Gasteiger partial charge is 2.00 e. The van der Waals surface area contributed by atoms with Crippen molar-refractivity contribution >= 4 is 0 Å². The van der Waals surface area contributed by atoms with Crippen molar-refractivity contribution in [2.24, 2.45) is 0 Å². The maximum Gasteiger partial charge on any atom is 4.00 e. The van der Waals surface area contributed by atoms with Gasteiger partial charge in [0.15, 0.2) is 0 Å². The molecule has 0 aromatic carbocycles. The maximum atomic E-state index is 0. The van der Waals surface area contributed by atoms with Gasteiger partial charge in [-0.25, -0.2) is 0 Å². The summed E-state index contributed by atoms with van der Waals surface area (Å²) in [5.41, 5.74) is 0. The van der Waals surface area contributed by atoms with Gasteiger partial charge in [-0.15, -0.1) is 0 Å². The molecule has 0 heterocycles. The molecule has 64 valence electrons. The van der Waals surface area contributed by atoms with E-state index < -0.39 is 0 Å². The van der Waals surface area contributed by atoms with Gasteiger partial charge in [0.1, 0.15) is 0 Å². The first-order chi connectivity index (χ1) is 0. The molecule has 0 aliphatic carbocycles. The average molecular weight is 319 g/mol. The summed E-state index contributed by atoms with van der Waals surface area (Å²) in [7, 11) is 0. The summed E-state index contributed by atoms with van der Waals surface area (Å²) in [6.07, 6.45) is 0. The summed E-state index contributed by atoms with van der Waals surface area (Å²) in [5, 5.41) is 0. The third kappa shape index (κ3) is 259. The van der Waals surface area contributed by atoms with E-state index in [0.29, 0.717) is 0 Å². The minimum Gasteiger partial charge on any atom is -2.00 e. The SMILES string of the molecule is [O-2].[O-2].[O-2].[O-2].[O-2].[O-2].[O-2].[O-2].[Ti+4].[Ti+4].[Ti+4].[Ti+4]. The van der Waals surface area contributed by atoms with Gasteiger partial charge in [0.05, 0.1) is 0 Å². The zero-order chi connectivity index (χ0) is 0. The van der Waals surface area contributed by atoms with Crippen LogP contribution in [0.15, 0.2) is 0 Å². The number of hydrogen-bond acceptors (Lipinski definition) is 0. The Bertz CT molecular complexity index is 11.0. The molecule has 0 saturated carbocycles. The molecule has 0 aliphatic heterocycles. The molecule has 0 fully saturated rings. The quantitative estimate of drug-likeness (QED) is 0.491. The summed E-state index contributed by atoms with van der Waals surface area (Å²) in [6, 6.07) is 0. The second kappa shape index (κ2) is 331. The number of hydrogen-bond donors (Lipinski definition) is 0. The minimum absolute atomic E-state index is 0. The van der Waals surface area contributed by atoms with Crippen LogP contribution in [0, 0.1) is 0 Å². The molecule has 0 aliphatic rings. The van der Waals surface area contributed by atoms with Gasteiger partial charge in [-0.2, -0.15) is 0 Å². The third-order valence-corrected chi connectivity index (χ3v) is 0. The molecule has 8 nitrogen and oxygen atoms in total. The van der Waals surface area contributed by atoms with Crippen LogP contribution in [0.5, 0.6) is 0 Å². The van der Waals surface area contributed by atoms with Crippen molar-refractivity contribution in [1.29, 1.82) is 0 Å². The Labute approximate surface area is 129 Å². The van der Waals surface area contributed by atoms with Gasteiger partial charge in [0, 0.05) is 0 Å². The molecule has 0 unspecified atom stereocenters. The molecule has 0 aromatic rings. The Hall–Kier alpha value is 2.54. The van der Waals surface area contributed by atoms with Crippen LogP contribution in [0.3, 0.4) is 0 Å². The topological polar surface area (TPSA) is 228 Å². The summed E-state index contributed by atoms with van der Waals surface area (Å²) in [6.45, 7) is 0. The van der Waals surface area contributed by atoms with Crippen molar-refractivity contribution in [3.8, 4) is 0 Å². The standard InChI is InChI=1S/8O.4Ti/q8*-2;4*+4. The second-order valence-electron chi connectivity index (χ2n) is 0. The average Bonchev–Trinajstić information content (AvgIpc) is 0. The van der Waals surface area contributed by atoms with Gasteiger partial charge in [-0.1, -0.05) is 0 Å². The molecule has 0 spiro atoms. The van der Waals surface area contributed by atoms with Gasteiger partial charge in [0.25, 0.3) is 0 Å². The Morgan fingerprint density at radius 3 is 0.167 bits per heavy atom. The molecule has 0 saturated heterocycles. The van der Waals surface area contributed by atoms with E-state index in [1.807, 2.05) is 0 Å².